The van der Waals surface area contributed by atoms with Gasteiger partial charge in [0.25, 0.3) is 0 Å². The molecule has 0 bridgehead atoms. The molecule has 0 unspecified atom stereocenters. The van der Waals surface area contributed by atoms with Gasteiger partial charge in [-0.25, -0.2) is 9.97 Å². The Morgan fingerprint density at radius 1 is 1.31 bits per heavy atom. The van der Waals surface area contributed by atoms with E-state index in [9.17, 15) is 0 Å². The fourth-order valence-electron chi connectivity index (χ4n) is 1.62. The lowest BCUT2D eigenvalue weighted by Crippen LogP contribution is -2.25. The van der Waals surface area contributed by atoms with Crippen LogP contribution in [0, 0.1) is 6.92 Å². The van der Waals surface area contributed by atoms with E-state index < -0.39 is 0 Å². The molecule has 1 aliphatic heterocycles. The van der Waals surface area contributed by atoms with Crippen LogP contribution in [0.25, 0.3) is 0 Å². The van der Waals surface area contributed by atoms with Gasteiger partial charge in [0.1, 0.15) is 5.82 Å². The largest absolute Gasteiger partial charge is 0.372 e. The van der Waals surface area contributed by atoms with Crippen LogP contribution in [0.5, 0.6) is 0 Å². The summed E-state index contributed by atoms with van der Waals surface area (Å²) in [4.78, 5) is 10.8. The summed E-state index contributed by atoms with van der Waals surface area (Å²) >= 11 is 0. The Bertz CT molecular complexity index is 321. The standard InChI is InChI=1S/C9H13N3.C4H10/c1-7-10-6-9-8(11-7)4-3-5-12(9)2;1-3-4-2/h6H,3-5H2,1-2H3;3-4H2,1-2H3. The number of aromatic nitrogens is 2. The maximum Gasteiger partial charge on any atom is 0.125 e. The van der Waals surface area contributed by atoms with Crippen LogP contribution in [0.4, 0.5) is 5.69 Å². The zero-order chi connectivity index (χ0) is 12.0. The summed E-state index contributed by atoms with van der Waals surface area (Å²) in [7, 11) is 2.09. The fourth-order valence-corrected chi connectivity index (χ4v) is 1.62. The van der Waals surface area contributed by atoms with Crippen LogP contribution in [0.2, 0.25) is 0 Å². The van der Waals surface area contributed by atoms with Gasteiger partial charge in [0, 0.05) is 13.6 Å². The first-order valence-electron chi connectivity index (χ1n) is 6.22. The Morgan fingerprint density at radius 3 is 2.62 bits per heavy atom. The molecular weight excluding hydrogens is 198 g/mol. The van der Waals surface area contributed by atoms with Gasteiger partial charge in [-0.3, -0.25) is 0 Å². The molecule has 0 saturated heterocycles. The fraction of sp³-hybridized carbons (Fsp3) is 0.692. The molecular formula is C13H23N3. The molecule has 0 atom stereocenters. The van der Waals surface area contributed by atoms with E-state index in [2.05, 4.69) is 35.8 Å². The Labute approximate surface area is 98.9 Å². The van der Waals surface area contributed by atoms with Gasteiger partial charge >= 0.3 is 0 Å². The molecule has 0 N–H and O–H groups in total. The van der Waals surface area contributed by atoms with E-state index in [-0.39, 0.29) is 0 Å². The van der Waals surface area contributed by atoms with Crippen molar-refractivity contribution >= 4 is 5.69 Å². The van der Waals surface area contributed by atoms with Crippen molar-refractivity contribution in [2.24, 2.45) is 0 Å². The highest BCUT2D eigenvalue weighted by Gasteiger charge is 2.14. The summed E-state index contributed by atoms with van der Waals surface area (Å²) in [6, 6.07) is 0. The second-order valence-electron chi connectivity index (χ2n) is 4.27. The van der Waals surface area contributed by atoms with Crippen molar-refractivity contribution in [3.63, 3.8) is 0 Å². The average Bonchev–Trinajstić information content (AvgIpc) is 2.29. The molecule has 1 aliphatic rings. The smallest absolute Gasteiger partial charge is 0.125 e. The van der Waals surface area contributed by atoms with E-state index in [1.165, 1.54) is 30.6 Å². The molecule has 0 aliphatic carbocycles. The third-order valence-corrected chi connectivity index (χ3v) is 2.78. The van der Waals surface area contributed by atoms with E-state index in [0.29, 0.717) is 0 Å². The monoisotopic (exact) mass is 221 g/mol. The Hall–Kier alpha value is -1.12. The minimum absolute atomic E-state index is 0.879. The second-order valence-corrected chi connectivity index (χ2v) is 4.27. The Kier molecular flexibility index (Phi) is 5.23. The van der Waals surface area contributed by atoms with Gasteiger partial charge < -0.3 is 4.90 Å². The lowest BCUT2D eigenvalue weighted by molar-refractivity contribution is 0.714. The van der Waals surface area contributed by atoms with E-state index in [0.717, 1.165) is 18.8 Å². The summed E-state index contributed by atoms with van der Waals surface area (Å²) in [5.74, 6) is 0.879. The number of hydrogen-bond donors (Lipinski definition) is 0. The summed E-state index contributed by atoms with van der Waals surface area (Å²) in [6.07, 6.45) is 6.87. The zero-order valence-corrected chi connectivity index (χ0v) is 11.0. The van der Waals surface area contributed by atoms with Gasteiger partial charge in [0.05, 0.1) is 17.6 Å². The highest BCUT2D eigenvalue weighted by atomic mass is 15.1. The van der Waals surface area contributed by atoms with Crippen LogP contribution in [-0.4, -0.2) is 23.6 Å². The molecule has 0 radical (unpaired) electrons. The summed E-state index contributed by atoms with van der Waals surface area (Å²) < 4.78 is 0. The lowest BCUT2D eigenvalue weighted by Gasteiger charge is -2.25. The van der Waals surface area contributed by atoms with Crippen molar-refractivity contribution in [3.8, 4) is 0 Å². The predicted octanol–water partition coefficient (Wildman–Crippen LogP) is 2.97. The van der Waals surface area contributed by atoms with Crippen molar-refractivity contribution in [2.75, 3.05) is 18.5 Å². The maximum absolute atomic E-state index is 4.41. The third-order valence-electron chi connectivity index (χ3n) is 2.78. The van der Waals surface area contributed by atoms with Gasteiger partial charge in [0.15, 0.2) is 0 Å². The third kappa shape index (κ3) is 3.47. The van der Waals surface area contributed by atoms with E-state index in [1.54, 1.807) is 0 Å². The molecule has 0 fully saturated rings. The lowest BCUT2D eigenvalue weighted by atomic mass is 10.1. The molecule has 3 heteroatoms. The van der Waals surface area contributed by atoms with Gasteiger partial charge in [-0.2, -0.15) is 0 Å². The SMILES string of the molecule is CCCC.Cc1ncc2c(n1)CCCN2C. The van der Waals surface area contributed by atoms with Gasteiger partial charge in [0.2, 0.25) is 0 Å². The van der Waals surface area contributed by atoms with Crippen LogP contribution in [0.1, 0.15) is 44.6 Å². The molecule has 90 valence electrons. The predicted molar refractivity (Wildman–Crippen MR) is 68.9 cm³/mol. The molecule has 0 saturated carbocycles. The number of rotatable bonds is 1. The molecule has 3 nitrogen and oxygen atoms in total. The van der Waals surface area contributed by atoms with Gasteiger partial charge in [-0.15, -0.1) is 0 Å². The topological polar surface area (TPSA) is 29.0 Å². The minimum atomic E-state index is 0.879. The maximum atomic E-state index is 4.41. The summed E-state index contributed by atoms with van der Waals surface area (Å²) in [6.45, 7) is 7.42. The molecule has 2 heterocycles. The van der Waals surface area contributed by atoms with Crippen molar-refractivity contribution in [3.05, 3.63) is 17.7 Å². The van der Waals surface area contributed by atoms with E-state index >= 15 is 0 Å². The van der Waals surface area contributed by atoms with E-state index in [4.69, 9.17) is 0 Å². The van der Waals surface area contributed by atoms with Crippen LogP contribution in [-0.2, 0) is 6.42 Å². The zero-order valence-electron chi connectivity index (χ0n) is 11.0. The first kappa shape index (κ1) is 12.9. The number of nitrogens with zero attached hydrogens (tertiary/aromatic N) is 3. The van der Waals surface area contributed by atoms with Crippen molar-refractivity contribution < 1.29 is 0 Å². The minimum Gasteiger partial charge on any atom is -0.372 e. The van der Waals surface area contributed by atoms with Gasteiger partial charge in [-0.1, -0.05) is 26.7 Å². The van der Waals surface area contributed by atoms with Gasteiger partial charge in [-0.05, 0) is 19.8 Å². The molecule has 2 rings (SSSR count). The van der Waals surface area contributed by atoms with Crippen molar-refractivity contribution in [1.29, 1.82) is 0 Å². The molecule has 1 aromatic rings. The first-order chi connectivity index (χ1) is 7.69. The average molecular weight is 221 g/mol. The number of unbranched alkanes of at least 4 members (excludes halogenated alkanes) is 1. The number of fused-ring (bicyclic) bond motifs is 1. The Morgan fingerprint density at radius 2 is 2.00 bits per heavy atom. The molecule has 0 aromatic carbocycles. The Balaban J connectivity index is 0.000000280. The summed E-state index contributed by atoms with van der Waals surface area (Å²) in [5.41, 5.74) is 2.41. The summed E-state index contributed by atoms with van der Waals surface area (Å²) in [5, 5.41) is 0. The van der Waals surface area contributed by atoms with Crippen LogP contribution in [0.15, 0.2) is 6.20 Å². The molecule has 0 spiro atoms. The van der Waals surface area contributed by atoms with Crippen molar-refractivity contribution in [1.82, 2.24) is 9.97 Å². The van der Waals surface area contributed by atoms with E-state index in [1.807, 2.05) is 13.1 Å². The van der Waals surface area contributed by atoms with Crippen LogP contribution in [0.3, 0.4) is 0 Å². The quantitative estimate of drug-likeness (QED) is 0.730. The number of hydrogen-bond acceptors (Lipinski definition) is 3. The number of aryl methyl sites for hydroxylation is 2. The van der Waals surface area contributed by atoms with Crippen LogP contribution < -0.4 is 4.90 Å². The van der Waals surface area contributed by atoms with Crippen LogP contribution >= 0.6 is 0 Å². The first-order valence-corrected chi connectivity index (χ1v) is 6.22. The highest BCUT2D eigenvalue weighted by molar-refractivity contribution is 5.49. The molecule has 16 heavy (non-hydrogen) atoms. The number of anilines is 1. The molecule has 0 amide bonds. The normalized spacial score (nSPS) is 13.9. The van der Waals surface area contributed by atoms with Crippen molar-refractivity contribution in [2.45, 2.75) is 46.5 Å². The second kappa shape index (κ2) is 6.46. The highest BCUT2D eigenvalue weighted by Crippen LogP contribution is 2.22. The molecule has 1 aromatic heterocycles.